The molecule has 6 heteroatoms. The van der Waals surface area contributed by atoms with Crippen molar-refractivity contribution in [2.24, 2.45) is 5.73 Å². The molecule has 2 aromatic rings. The van der Waals surface area contributed by atoms with Crippen molar-refractivity contribution < 1.29 is 0 Å². The molecular weight excluding hydrogens is 222 g/mol. The largest absolute Gasteiger partial charge is 0.326 e. The molecule has 0 aromatic carbocycles. The van der Waals surface area contributed by atoms with Gasteiger partial charge in [-0.15, -0.1) is 10.2 Å². The fraction of sp³-hybridized carbons (Fsp3) is 0.700. The van der Waals surface area contributed by atoms with Gasteiger partial charge in [0.1, 0.15) is 5.01 Å². The van der Waals surface area contributed by atoms with Crippen LogP contribution in [0.15, 0.2) is 0 Å². The Balaban J connectivity index is 2.17. The summed E-state index contributed by atoms with van der Waals surface area (Å²) in [6, 6.07) is 0. The van der Waals surface area contributed by atoms with Crippen LogP contribution >= 0.6 is 11.3 Å². The van der Waals surface area contributed by atoms with E-state index in [9.17, 15) is 0 Å². The van der Waals surface area contributed by atoms with Crippen LogP contribution in [0.25, 0.3) is 4.96 Å². The van der Waals surface area contributed by atoms with E-state index in [2.05, 4.69) is 22.2 Å². The van der Waals surface area contributed by atoms with Crippen LogP contribution in [0.2, 0.25) is 0 Å². The second-order valence-electron chi connectivity index (χ2n) is 4.65. The number of aromatic nitrogens is 4. The molecule has 0 atom stereocenters. The van der Waals surface area contributed by atoms with Gasteiger partial charge in [-0.2, -0.15) is 9.61 Å². The molecule has 2 N–H and O–H groups in total. The predicted octanol–water partition coefficient (Wildman–Crippen LogP) is 1.42. The Hall–Kier alpha value is -1.01. The highest BCUT2D eigenvalue weighted by Gasteiger charge is 2.14. The van der Waals surface area contributed by atoms with E-state index >= 15 is 0 Å². The van der Waals surface area contributed by atoms with Crippen molar-refractivity contribution in [2.45, 2.75) is 45.6 Å². The van der Waals surface area contributed by atoms with Gasteiger partial charge in [-0.05, 0) is 20.3 Å². The van der Waals surface area contributed by atoms with Crippen molar-refractivity contribution in [1.82, 2.24) is 19.8 Å². The van der Waals surface area contributed by atoms with Crippen molar-refractivity contribution in [3.8, 4) is 0 Å². The predicted molar refractivity (Wildman–Crippen MR) is 64.6 cm³/mol. The number of nitrogens with zero attached hydrogens (tertiary/aromatic N) is 4. The first-order chi connectivity index (χ1) is 7.49. The third kappa shape index (κ3) is 2.38. The van der Waals surface area contributed by atoms with Crippen molar-refractivity contribution in [3.05, 3.63) is 10.8 Å². The lowest BCUT2D eigenvalue weighted by Crippen LogP contribution is -2.32. The Kier molecular flexibility index (Phi) is 2.94. The molecule has 0 aliphatic heterocycles. The van der Waals surface area contributed by atoms with E-state index in [4.69, 9.17) is 5.73 Å². The van der Waals surface area contributed by atoms with Crippen molar-refractivity contribution in [3.63, 3.8) is 0 Å². The Bertz CT molecular complexity index is 479. The lowest BCUT2D eigenvalue weighted by Gasteiger charge is -2.16. The summed E-state index contributed by atoms with van der Waals surface area (Å²) in [5, 5.41) is 13.7. The number of nitrogens with two attached hydrogens (primary N) is 1. The van der Waals surface area contributed by atoms with Gasteiger partial charge in [0.25, 0.3) is 0 Å². The maximum absolute atomic E-state index is 5.95. The summed E-state index contributed by atoms with van der Waals surface area (Å²) in [5.41, 5.74) is 5.81. The molecule has 2 rings (SSSR count). The molecule has 88 valence electrons. The molecule has 0 aliphatic rings. The number of aryl methyl sites for hydroxylation is 2. The van der Waals surface area contributed by atoms with Crippen LogP contribution in [0.1, 0.15) is 38.0 Å². The third-order valence-corrected chi connectivity index (χ3v) is 3.36. The lowest BCUT2D eigenvalue weighted by atomic mass is 10.0. The Morgan fingerprint density at radius 3 is 2.75 bits per heavy atom. The summed E-state index contributed by atoms with van der Waals surface area (Å²) in [4.78, 5) is 0.877. The molecule has 2 heterocycles. The summed E-state index contributed by atoms with van der Waals surface area (Å²) in [5.74, 6) is 0.921. The highest BCUT2D eigenvalue weighted by atomic mass is 32.1. The minimum Gasteiger partial charge on any atom is -0.326 e. The summed E-state index contributed by atoms with van der Waals surface area (Å²) in [6.07, 6.45) is 2.69. The zero-order valence-electron chi connectivity index (χ0n) is 9.90. The molecular formula is C10H17N5S. The van der Waals surface area contributed by atoms with Crippen LogP contribution in [-0.4, -0.2) is 25.4 Å². The molecule has 0 saturated heterocycles. The highest BCUT2D eigenvalue weighted by molar-refractivity contribution is 7.16. The SMILES string of the molecule is CCc1nnc2sc(CCC(C)(C)N)nn12. The summed E-state index contributed by atoms with van der Waals surface area (Å²) in [7, 11) is 0. The van der Waals surface area contributed by atoms with Gasteiger partial charge in [0.15, 0.2) is 5.82 Å². The maximum atomic E-state index is 5.95. The van der Waals surface area contributed by atoms with E-state index in [1.54, 1.807) is 11.3 Å². The minimum atomic E-state index is -0.139. The first kappa shape index (κ1) is 11.5. The number of hydrogen-bond acceptors (Lipinski definition) is 5. The van der Waals surface area contributed by atoms with Crippen LogP contribution in [0.3, 0.4) is 0 Å². The zero-order chi connectivity index (χ0) is 11.8. The number of hydrogen-bond donors (Lipinski definition) is 1. The molecule has 0 aliphatic carbocycles. The average Bonchev–Trinajstić information content (AvgIpc) is 2.71. The molecule has 16 heavy (non-hydrogen) atoms. The van der Waals surface area contributed by atoms with E-state index in [0.717, 1.165) is 35.1 Å². The fourth-order valence-electron chi connectivity index (χ4n) is 1.45. The maximum Gasteiger partial charge on any atom is 0.234 e. The van der Waals surface area contributed by atoms with Crippen LogP contribution in [-0.2, 0) is 12.8 Å². The zero-order valence-corrected chi connectivity index (χ0v) is 10.7. The monoisotopic (exact) mass is 239 g/mol. The van der Waals surface area contributed by atoms with Gasteiger partial charge in [0.2, 0.25) is 4.96 Å². The lowest BCUT2D eigenvalue weighted by molar-refractivity contribution is 0.475. The molecule has 0 radical (unpaired) electrons. The highest BCUT2D eigenvalue weighted by Crippen LogP contribution is 2.17. The third-order valence-electron chi connectivity index (χ3n) is 2.40. The molecule has 0 amide bonds. The van der Waals surface area contributed by atoms with Gasteiger partial charge in [0.05, 0.1) is 0 Å². The summed E-state index contributed by atoms with van der Waals surface area (Å²) in [6.45, 7) is 6.12. The molecule has 0 saturated carbocycles. The normalized spacial score (nSPS) is 12.5. The van der Waals surface area contributed by atoms with Crippen LogP contribution in [0, 0.1) is 0 Å². The van der Waals surface area contributed by atoms with E-state index < -0.39 is 0 Å². The number of fused-ring (bicyclic) bond motifs is 1. The first-order valence-corrected chi connectivity index (χ1v) is 6.30. The quantitative estimate of drug-likeness (QED) is 0.876. The van der Waals surface area contributed by atoms with E-state index in [1.807, 2.05) is 18.4 Å². The Morgan fingerprint density at radius 1 is 1.38 bits per heavy atom. The van der Waals surface area contributed by atoms with Crippen LogP contribution in [0.5, 0.6) is 0 Å². The van der Waals surface area contributed by atoms with E-state index in [-0.39, 0.29) is 5.54 Å². The number of rotatable bonds is 4. The fourth-order valence-corrected chi connectivity index (χ4v) is 2.30. The first-order valence-electron chi connectivity index (χ1n) is 5.48. The van der Waals surface area contributed by atoms with Crippen LogP contribution in [0.4, 0.5) is 0 Å². The van der Waals surface area contributed by atoms with Gasteiger partial charge in [-0.25, -0.2) is 0 Å². The topological polar surface area (TPSA) is 69.1 Å². The van der Waals surface area contributed by atoms with Crippen molar-refractivity contribution in [2.75, 3.05) is 0 Å². The average molecular weight is 239 g/mol. The molecule has 2 aromatic heterocycles. The molecule has 5 nitrogen and oxygen atoms in total. The Labute approximate surface area is 98.7 Å². The van der Waals surface area contributed by atoms with E-state index in [1.165, 1.54) is 0 Å². The van der Waals surface area contributed by atoms with Crippen LogP contribution < -0.4 is 5.73 Å². The molecule has 0 fully saturated rings. The molecule has 0 unspecified atom stereocenters. The second kappa shape index (κ2) is 4.10. The standard InChI is InChI=1S/C10H17N5S/c1-4-7-12-13-9-15(7)14-8(16-9)5-6-10(2,3)11/h4-6,11H2,1-3H3. The van der Waals surface area contributed by atoms with Gasteiger partial charge in [-0.1, -0.05) is 18.3 Å². The Morgan fingerprint density at radius 2 is 2.12 bits per heavy atom. The van der Waals surface area contributed by atoms with Crippen molar-refractivity contribution in [1.29, 1.82) is 0 Å². The van der Waals surface area contributed by atoms with Gasteiger partial charge < -0.3 is 5.73 Å². The summed E-state index contributed by atoms with van der Waals surface area (Å²) < 4.78 is 1.84. The van der Waals surface area contributed by atoms with E-state index in [0.29, 0.717) is 0 Å². The van der Waals surface area contributed by atoms with Gasteiger partial charge >= 0.3 is 0 Å². The second-order valence-corrected chi connectivity index (χ2v) is 5.69. The minimum absolute atomic E-state index is 0.139. The van der Waals surface area contributed by atoms with Crippen molar-refractivity contribution >= 4 is 16.3 Å². The molecule has 0 bridgehead atoms. The molecule has 0 spiro atoms. The summed E-state index contributed by atoms with van der Waals surface area (Å²) >= 11 is 1.60. The van der Waals surface area contributed by atoms with Gasteiger partial charge in [0, 0.05) is 18.4 Å². The van der Waals surface area contributed by atoms with Gasteiger partial charge in [-0.3, -0.25) is 0 Å². The smallest absolute Gasteiger partial charge is 0.234 e.